The highest BCUT2D eigenvalue weighted by atomic mass is 16.5. The summed E-state index contributed by atoms with van der Waals surface area (Å²) in [7, 11) is 0. The molecule has 7 nitrogen and oxygen atoms in total. The van der Waals surface area contributed by atoms with E-state index in [0.717, 1.165) is 65.2 Å². The van der Waals surface area contributed by atoms with Crippen LogP contribution in [-0.4, -0.2) is 85.0 Å². The van der Waals surface area contributed by atoms with E-state index in [1.807, 2.05) is 9.80 Å². The van der Waals surface area contributed by atoms with Crippen molar-refractivity contribution in [3.05, 3.63) is 24.2 Å². The summed E-state index contributed by atoms with van der Waals surface area (Å²) in [5.74, 6) is 0.369. The summed E-state index contributed by atoms with van der Waals surface area (Å²) in [5, 5.41) is 0. The lowest BCUT2D eigenvalue weighted by molar-refractivity contribution is -0.132. The number of rotatable bonds is 6. The number of nitrogens with zero attached hydrogens (tertiary/aromatic N) is 3. The molecule has 1 unspecified atom stereocenters. The zero-order chi connectivity index (χ0) is 18.4. The third-order valence-electron chi connectivity index (χ3n) is 5.24. The Bertz CT molecular complexity index is 584. The highest BCUT2D eigenvalue weighted by molar-refractivity contribution is 5.91. The van der Waals surface area contributed by atoms with Gasteiger partial charge in [0.05, 0.1) is 19.5 Å². The first kappa shape index (κ1) is 18.9. The van der Waals surface area contributed by atoms with E-state index < -0.39 is 0 Å². The SMILES string of the molecule is CC(=O)N(CCCN1CCOCC1)C1CCCN(C(=O)c2ccco2)C1. The Labute approximate surface area is 154 Å². The second-order valence-corrected chi connectivity index (χ2v) is 7.04. The van der Waals surface area contributed by atoms with Gasteiger partial charge >= 0.3 is 0 Å². The van der Waals surface area contributed by atoms with E-state index in [1.54, 1.807) is 19.1 Å². The van der Waals surface area contributed by atoms with Crippen molar-refractivity contribution in [3.63, 3.8) is 0 Å². The Morgan fingerprint density at radius 3 is 2.77 bits per heavy atom. The minimum atomic E-state index is -0.0866. The minimum Gasteiger partial charge on any atom is -0.459 e. The number of furan rings is 1. The molecule has 1 aromatic rings. The number of likely N-dealkylation sites (tertiary alicyclic amines) is 1. The first-order chi connectivity index (χ1) is 12.6. The van der Waals surface area contributed by atoms with Crippen molar-refractivity contribution in [2.24, 2.45) is 0 Å². The van der Waals surface area contributed by atoms with Crippen LogP contribution >= 0.6 is 0 Å². The molecule has 0 N–H and O–H groups in total. The van der Waals surface area contributed by atoms with Crippen LogP contribution in [0, 0.1) is 0 Å². The largest absolute Gasteiger partial charge is 0.459 e. The summed E-state index contributed by atoms with van der Waals surface area (Å²) in [6.45, 7) is 8.17. The van der Waals surface area contributed by atoms with E-state index in [9.17, 15) is 9.59 Å². The van der Waals surface area contributed by atoms with E-state index in [2.05, 4.69) is 4.90 Å². The average Bonchev–Trinajstić information content (AvgIpc) is 3.20. The number of ether oxygens (including phenoxy) is 1. The van der Waals surface area contributed by atoms with Gasteiger partial charge in [-0.25, -0.2) is 0 Å². The van der Waals surface area contributed by atoms with Crippen LogP contribution in [0.5, 0.6) is 0 Å². The number of piperidine rings is 1. The summed E-state index contributed by atoms with van der Waals surface area (Å²) in [6.07, 6.45) is 4.31. The molecule has 0 aromatic carbocycles. The number of carbonyl (C=O) groups is 2. The lowest BCUT2D eigenvalue weighted by Crippen LogP contribution is -2.51. The molecular formula is C19H29N3O4. The number of amides is 2. The Morgan fingerprint density at radius 2 is 2.08 bits per heavy atom. The van der Waals surface area contributed by atoms with Gasteiger partial charge in [0.1, 0.15) is 0 Å². The summed E-state index contributed by atoms with van der Waals surface area (Å²) in [4.78, 5) is 30.9. The van der Waals surface area contributed by atoms with Gasteiger partial charge in [0.2, 0.25) is 5.91 Å². The lowest BCUT2D eigenvalue weighted by atomic mass is 10.0. The van der Waals surface area contributed by atoms with Gasteiger partial charge in [-0.05, 0) is 31.4 Å². The maximum atomic E-state index is 12.5. The van der Waals surface area contributed by atoms with Crippen molar-refractivity contribution in [2.75, 3.05) is 52.5 Å². The van der Waals surface area contributed by atoms with E-state index in [1.165, 1.54) is 6.26 Å². The van der Waals surface area contributed by atoms with Crippen molar-refractivity contribution in [1.29, 1.82) is 0 Å². The van der Waals surface area contributed by atoms with Gasteiger partial charge in [0, 0.05) is 52.2 Å². The molecule has 0 radical (unpaired) electrons. The fraction of sp³-hybridized carbons (Fsp3) is 0.684. The van der Waals surface area contributed by atoms with Crippen molar-refractivity contribution in [1.82, 2.24) is 14.7 Å². The van der Waals surface area contributed by atoms with Crippen molar-refractivity contribution < 1.29 is 18.7 Å². The zero-order valence-corrected chi connectivity index (χ0v) is 15.6. The number of hydrogen-bond donors (Lipinski definition) is 0. The lowest BCUT2D eigenvalue weighted by Gasteiger charge is -2.39. The maximum Gasteiger partial charge on any atom is 0.289 e. The number of carbonyl (C=O) groups excluding carboxylic acids is 2. The topological polar surface area (TPSA) is 66.2 Å². The molecule has 2 fully saturated rings. The van der Waals surface area contributed by atoms with Gasteiger partial charge in [0.25, 0.3) is 5.91 Å². The maximum absolute atomic E-state index is 12.5. The second-order valence-electron chi connectivity index (χ2n) is 7.04. The summed E-state index contributed by atoms with van der Waals surface area (Å²) in [5.41, 5.74) is 0. The third kappa shape index (κ3) is 4.86. The van der Waals surface area contributed by atoms with Crippen molar-refractivity contribution in [3.8, 4) is 0 Å². The molecule has 2 saturated heterocycles. The van der Waals surface area contributed by atoms with Gasteiger partial charge in [-0.15, -0.1) is 0 Å². The molecule has 1 atom stereocenters. The summed E-state index contributed by atoms with van der Waals surface area (Å²) >= 11 is 0. The summed E-state index contributed by atoms with van der Waals surface area (Å²) < 4.78 is 10.6. The van der Waals surface area contributed by atoms with Gasteiger partial charge < -0.3 is 19.0 Å². The molecule has 2 amide bonds. The molecule has 0 spiro atoms. The summed E-state index contributed by atoms with van der Waals surface area (Å²) in [6, 6.07) is 3.50. The van der Waals surface area contributed by atoms with Crippen LogP contribution in [0.15, 0.2) is 22.8 Å². The number of hydrogen-bond acceptors (Lipinski definition) is 5. The van der Waals surface area contributed by atoms with Gasteiger partial charge in [-0.2, -0.15) is 0 Å². The molecule has 2 aliphatic heterocycles. The van der Waals surface area contributed by atoms with Gasteiger partial charge in [0.15, 0.2) is 5.76 Å². The molecule has 0 bridgehead atoms. The van der Waals surface area contributed by atoms with Crippen LogP contribution in [0.4, 0.5) is 0 Å². The third-order valence-corrected chi connectivity index (χ3v) is 5.24. The van der Waals surface area contributed by atoms with E-state index in [4.69, 9.17) is 9.15 Å². The molecule has 7 heteroatoms. The first-order valence-corrected chi connectivity index (χ1v) is 9.55. The normalized spacial score (nSPS) is 21.6. The molecule has 0 aliphatic carbocycles. The quantitative estimate of drug-likeness (QED) is 0.765. The Morgan fingerprint density at radius 1 is 1.27 bits per heavy atom. The molecule has 3 heterocycles. The Balaban J connectivity index is 1.53. The fourth-order valence-corrected chi connectivity index (χ4v) is 3.84. The monoisotopic (exact) mass is 363 g/mol. The van der Waals surface area contributed by atoms with Crippen LogP contribution in [0.25, 0.3) is 0 Å². The van der Waals surface area contributed by atoms with E-state index in [0.29, 0.717) is 12.3 Å². The molecule has 2 aliphatic rings. The van der Waals surface area contributed by atoms with E-state index >= 15 is 0 Å². The highest BCUT2D eigenvalue weighted by Crippen LogP contribution is 2.19. The van der Waals surface area contributed by atoms with Gasteiger partial charge in [-0.1, -0.05) is 0 Å². The van der Waals surface area contributed by atoms with Crippen LogP contribution in [0.1, 0.15) is 36.7 Å². The highest BCUT2D eigenvalue weighted by Gasteiger charge is 2.30. The van der Waals surface area contributed by atoms with Gasteiger partial charge in [-0.3, -0.25) is 14.5 Å². The second kappa shape index (κ2) is 9.19. The predicted molar refractivity (Wildman–Crippen MR) is 96.9 cm³/mol. The fourth-order valence-electron chi connectivity index (χ4n) is 3.84. The Hall–Kier alpha value is -1.86. The zero-order valence-electron chi connectivity index (χ0n) is 15.6. The van der Waals surface area contributed by atoms with Crippen LogP contribution in [-0.2, 0) is 9.53 Å². The van der Waals surface area contributed by atoms with Crippen LogP contribution in [0.2, 0.25) is 0 Å². The predicted octanol–water partition coefficient (Wildman–Crippen LogP) is 1.46. The molecule has 0 saturated carbocycles. The molecule has 1 aromatic heterocycles. The smallest absolute Gasteiger partial charge is 0.289 e. The molecule has 3 rings (SSSR count). The average molecular weight is 363 g/mol. The van der Waals surface area contributed by atoms with E-state index in [-0.39, 0.29) is 17.9 Å². The van der Waals surface area contributed by atoms with Crippen molar-refractivity contribution >= 4 is 11.8 Å². The molecule has 144 valence electrons. The van der Waals surface area contributed by atoms with Crippen LogP contribution < -0.4 is 0 Å². The van der Waals surface area contributed by atoms with Crippen molar-refractivity contribution in [2.45, 2.75) is 32.2 Å². The molecular weight excluding hydrogens is 334 g/mol. The number of morpholine rings is 1. The molecule has 26 heavy (non-hydrogen) atoms. The standard InChI is InChI=1S/C19H29N3O4/c1-16(23)22(9-4-7-20-10-13-25-14-11-20)17-5-2-8-21(15-17)19(24)18-6-3-12-26-18/h3,6,12,17H,2,4-5,7-11,13-15H2,1H3. The van der Waals surface area contributed by atoms with Crippen LogP contribution in [0.3, 0.4) is 0 Å². The first-order valence-electron chi connectivity index (χ1n) is 9.55. The minimum absolute atomic E-state index is 0.0866. The Kier molecular flexibility index (Phi) is 6.68.